The van der Waals surface area contributed by atoms with Gasteiger partial charge in [-0.1, -0.05) is 0 Å². The second-order valence-electron chi connectivity index (χ2n) is 3.11. The average Bonchev–Trinajstić information content (AvgIpc) is 2.28. The van der Waals surface area contributed by atoms with Crippen LogP contribution < -0.4 is 9.47 Å². The molecule has 0 fully saturated rings. The predicted molar refractivity (Wildman–Crippen MR) is 56.2 cm³/mol. The first kappa shape index (κ1) is 12.0. The summed E-state index contributed by atoms with van der Waals surface area (Å²) in [4.78, 5) is 22.4. The molecule has 0 aliphatic heterocycles. The number of carbonyl (C=O) groups excluding carboxylic acids is 2. The number of rotatable bonds is 4. The molecule has 86 valence electrons. The summed E-state index contributed by atoms with van der Waals surface area (Å²) >= 11 is 0. The zero-order chi connectivity index (χ0) is 12.3. The van der Waals surface area contributed by atoms with Crippen LogP contribution in [0.1, 0.15) is 17.3 Å². The number of hydrogen-bond donors (Lipinski definition) is 1. The van der Waals surface area contributed by atoms with E-state index in [-0.39, 0.29) is 22.8 Å². The van der Waals surface area contributed by atoms with Crippen LogP contribution in [-0.2, 0) is 4.79 Å². The Balaban J connectivity index is 3.32. The summed E-state index contributed by atoms with van der Waals surface area (Å²) in [5.41, 5.74) is 0.124. The molecule has 0 bridgehead atoms. The molecule has 1 aromatic rings. The number of benzene rings is 1. The maximum Gasteiger partial charge on any atom is 0.228 e. The Labute approximate surface area is 92.6 Å². The van der Waals surface area contributed by atoms with E-state index in [4.69, 9.17) is 9.47 Å². The minimum Gasteiger partial charge on any atom is -0.502 e. The standard InChI is InChI=1S/C11H12O5/c1-6(12)10(13)7-4-8(15-2)11(14)9(5-7)16-3/h4-5,14H,1-3H3. The first-order valence-electron chi connectivity index (χ1n) is 4.51. The van der Waals surface area contributed by atoms with Crippen molar-refractivity contribution in [2.45, 2.75) is 6.92 Å². The first-order chi connectivity index (χ1) is 7.51. The number of methoxy groups -OCH3 is 2. The van der Waals surface area contributed by atoms with Gasteiger partial charge in [0, 0.05) is 12.5 Å². The number of carbonyl (C=O) groups is 2. The predicted octanol–water partition coefficient (Wildman–Crippen LogP) is 1.18. The van der Waals surface area contributed by atoms with Gasteiger partial charge >= 0.3 is 0 Å². The SMILES string of the molecule is COc1cc(C(=O)C(C)=O)cc(OC)c1O. The highest BCUT2D eigenvalue weighted by Crippen LogP contribution is 2.37. The van der Waals surface area contributed by atoms with E-state index in [2.05, 4.69) is 0 Å². The highest BCUT2D eigenvalue weighted by atomic mass is 16.5. The second kappa shape index (κ2) is 4.65. The Morgan fingerprint density at radius 2 is 1.56 bits per heavy atom. The van der Waals surface area contributed by atoms with Gasteiger partial charge in [-0.3, -0.25) is 9.59 Å². The van der Waals surface area contributed by atoms with Crippen molar-refractivity contribution in [3.05, 3.63) is 17.7 Å². The molecule has 1 aromatic carbocycles. The fraction of sp³-hybridized carbons (Fsp3) is 0.273. The van der Waals surface area contributed by atoms with Crippen LogP contribution in [0.4, 0.5) is 0 Å². The minimum absolute atomic E-state index is 0.0870. The Kier molecular flexibility index (Phi) is 3.50. The van der Waals surface area contributed by atoms with Crippen molar-refractivity contribution in [1.29, 1.82) is 0 Å². The molecule has 0 aromatic heterocycles. The van der Waals surface area contributed by atoms with E-state index in [9.17, 15) is 14.7 Å². The molecule has 0 aliphatic carbocycles. The van der Waals surface area contributed by atoms with Crippen LogP contribution in [-0.4, -0.2) is 30.9 Å². The highest BCUT2D eigenvalue weighted by Gasteiger charge is 2.17. The van der Waals surface area contributed by atoms with Crippen LogP contribution in [0, 0.1) is 0 Å². The summed E-state index contributed by atoms with van der Waals surface area (Å²) in [7, 11) is 2.69. The number of ether oxygens (including phenoxy) is 2. The first-order valence-corrected chi connectivity index (χ1v) is 4.51. The smallest absolute Gasteiger partial charge is 0.228 e. The molecule has 0 heterocycles. The molecule has 0 spiro atoms. The van der Waals surface area contributed by atoms with Gasteiger partial charge in [-0.2, -0.15) is 0 Å². The third-order valence-corrected chi connectivity index (χ3v) is 2.06. The number of hydrogen-bond acceptors (Lipinski definition) is 5. The van der Waals surface area contributed by atoms with E-state index in [1.807, 2.05) is 0 Å². The van der Waals surface area contributed by atoms with E-state index in [0.717, 1.165) is 0 Å². The lowest BCUT2D eigenvalue weighted by atomic mass is 10.1. The van der Waals surface area contributed by atoms with Gasteiger partial charge in [-0.15, -0.1) is 0 Å². The Bertz CT molecular complexity index is 411. The third kappa shape index (κ3) is 2.13. The van der Waals surface area contributed by atoms with Gasteiger partial charge in [0.15, 0.2) is 17.3 Å². The largest absolute Gasteiger partial charge is 0.502 e. The lowest BCUT2D eigenvalue weighted by Crippen LogP contribution is -2.10. The molecular formula is C11H12O5. The normalized spacial score (nSPS) is 9.69. The zero-order valence-corrected chi connectivity index (χ0v) is 9.23. The van der Waals surface area contributed by atoms with Gasteiger partial charge in [-0.25, -0.2) is 0 Å². The quantitative estimate of drug-likeness (QED) is 0.614. The second-order valence-corrected chi connectivity index (χ2v) is 3.11. The maximum absolute atomic E-state index is 11.4. The summed E-state index contributed by atoms with van der Waals surface area (Å²) < 4.78 is 9.73. The van der Waals surface area contributed by atoms with E-state index < -0.39 is 11.6 Å². The molecule has 0 radical (unpaired) electrons. The van der Waals surface area contributed by atoms with Gasteiger partial charge in [0.05, 0.1) is 14.2 Å². The molecule has 5 heteroatoms. The molecule has 1 N–H and O–H groups in total. The molecule has 0 saturated carbocycles. The van der Waals surface area contributed by atoms with E-state index >= 15 is 0 Å². The summed E-state index contributed by atoms with van der Waals surface area (Å²) in [6, 6.07) is 2.59. The van der Waals surface area contributed by atoms with Gasteiger partial charge in [0.25, 0.3) is 0 Å². The molecule has 16 heavy (non-hydrogen) atoms. The van der Waals surface area contributed by atoms with Crippen molar-refractivity contribution in [1.82, 2.24) is 0 Å². The molecule has 1 rings (SSSR count). The van der Waals surface area contributed by atoms with Crippen molar-refractivity contribution in [2.75, 3.05) is 14.2 Å². The third-order valence-electron chi connectivity index (χ3n) is 2.06. The van der Waals surface area contributed by atoms with Crippen LogP contribution in [0.3, 0.4) is 0 Å². The highest BCUT2D eigenvalue weighted by molar-refractivity contribution is 6.43. The minimum atomic E-state index is -0.656. The molecule has 0 aliphatic rings. The Morgan fingerprint density at radius 1 is 1.12 bits per heavy atom. The summed E-state index contributed by atoms with van der Waals surface area (Å²) in [5.74, 6) is -1.27. The van der Waals surface area contributed by atoms with Gasteiger partial charge in [-0.05, 0) is 12.1 Å². The van der Waals surface area contributed by atoms with Crippen molar-refractivity contribution >= 4 is 11.6 Å². The maximum atomic E-state index is 11.4. The Morgan fingerprint density at radius 3 is 1.88 bits per heavy atom. The van der Waals surface area contributed by atoms with E-state index in [0.29, 0.717) is 0 Å². The average molecular weight is 224 g/mol. The van der Waals surface area contributed by atoms with Crippen molar-refractivity contribution < 1.29 is 24.2 Å². The summed E-state index contributed by atoms with van der Waals surface area (Å²) in [6.07, 6.45) is 0. The number of aromatic hydroxyl groups is 1. The summed E-state index contributed by atoms with van der Waals surface area (Å²) in [5, 5.41) is 9.59. The van der Waals surface area contributed by atoms with Crippen LogP contribution in [0.15, 0.2) is 12.1 Å². The topological polar surface area (TPSA) is 72.8 Å². The zero-order valence-electron chi connectivity index (χ0n) is 9.23. The molecule has 5 nitrogen and oxygen atoms in total. The number of Topliss-reactive ketones (excluding diaryl/α,β-unsaturated/α-hetero) is 2. The summed E-state index contributed by atoms with van der Waals surface area (Å²) in [6.45, 7) is 1.17. The fourth-order valence-electron chi connectivity index (χ4n) is 1.23. The van der Waals surface area contributed by atoms with Gasteiger partial charge < -0.3 is 14.6 Å². The number of ketones is 2. The van der Waals surface area contributed by atoms with Crippen LogP contribution in [0.2, 0.25) is 0 Å². The number of phenols is 1. The molecule has 0 unspecified atom stereocenters. The monoisotopic (exact) mass is 224 g/mol. The fourth-order valence-corrected chi connectivity index (χ4v) is 1.23. The van der Waals surface area contributed by atoms with Crippen molar-refractivity contribution in [3.63, 3.8) is 0 Å². The van der Waals surface area contributed by atoms with Gasteiger partial charge in [0.1, 0.15) is 0 Å². The lowest BCUT2D eigenvalue weighted by molar-refractivity contribution is -0.113. The molecule has 0 atom stereocenters. The van der Waals surface area contributed by atoms with Crippen LogP contribution in [0.5, 0.6) is 17.2 Å². The van der Waals surface area contributed by atoms with E-state index in [1.165, 1.54) is 33.3 Å². The van der Waals surface area contributed by atoms with Crippen molar-refractivity contribution in [3.8, 4) is 17.2 Å². The number of phenolic OH excluding ortho intramolecular Hbond substituents is 1. The molecule has 0 amide bonds. The van der Waals surface area contributed by atoms with Crippen molar-refractivity contribution in [2.24, 2.45) is 0 Å². The van der Waals surface area contributed by atoms with E-state index in [1.54, 1.807) is 0 Å². The lowest BCUT2D eigenvalue weighted by Gasteiger charge is -2.09. The molecular weight excluding hydrogens is 212 g/mol. The van der Waals surface area contributed by atoms with Crippen LogP contribution in [0.25, 0.3) is 0 Å². The Hall–Kier alpha value is -2.04. The van der Waals surface area contributed by atoms with Gasteiger partial charge in [0.2, 0.25) is 11.5 Å². The van der Waals surface area contributed by atoms with Crippen LogP contribution >= 0.6 is 0 Å². The molecule has 0 saturated heterocycles.